The quantitative estimate of drug-likeness (QED) is 0.755. The lowest BCUT2D eigenvalue weighted by molar-refractivity contribution is -0.118. The third-order valence-electron chi connectivity index (χ3n) is 3.20. The van der Waals surface area contributed by atoms with Gasteiger partial charge in [-0.05, 0) is 43.2 Å². The molecule has 22 heavy (non-hydrogen) atoms. The monoisotopic (exact) mass is 357 g/mol. The molecule has 0 fully saturated rings. The Morgan fingerprint density at radius 3 is 2.50 bits per heavy atom. The molecule has 0 bridgehead atoms. The van der Waals surface area contributed by atoms with E-state index in [0.717, 1.165) is 11.1 Å². The Morgan fingerprint density at radius 1 is 1.09 bits per heavy atom. The summed E-state index contributed by atoms with van der Waals surface area (Å²) in [6.45, 7) is 3.80. The van der Waals surface area contributed by atoms with Crippen molar-refractivity contribution >= 4 is 46.4 Å². The zero-order valence-electron chi connectivity index (χ0n) is 12.0. The van der Waals surface area contributed by atoms with Gasteiger partial charge in [-0.3, -0.25) is 4.79 Å². The second-order valence-electron chi connectivity index (χ2n) is 4.78. The van der Waals surface area contributed by atoms with Crippen LogP contribution in [0.1, 0.15) is 11.1 Å². The van der Waals surface area contributed by atoms with Gasteiger partial charge in [-0.2, -0.15) is 0 Å². The second-order valence-corrected chi connectivity index (χ2v) is 6.00. The van der Waals surface area contributed by atoms with Crippen molar-refractivity contribution in [3.63, 3.8) is 0 Å². The number of carbonyl (C=O) groups is 1. The van der Waals surface area contributed by atoms with E-state index in [1.165, 1.54) is 12.1 Å². The lowest BCUT2D eigenvalue weighted by Gasteiger charge is -2.12. The van der Waals surface area contributed by atoms with E-state index in [1.54, 1.807) is 0 Å². The Bertz CT molecular complexity index is 717. The van der Waals surface area contributed by atoms with Crippen LogP contribution in [0.15, 0.2) is 30.3 Å². The predicted octanol–water partition coefficient (Wildman–Crippen LogP) is 5.28. The van der Waals surface area contributed by atoms with Crippen molar-refractivity contribution in [2.24, 2.45) is 0 Å². The van der Waals surface area contributed by atoms with Crippen LogP contribution in [-0.2, 0) is 4.79 Å². The summed E-state index contributed by atoms with van der Waals surface area (Å²) >= 11 is 17.8. The van der Waals surface area contributed by atoms with Crippen LogP contribution >= 0.6 is 34.8 Å². The van der Waals surface area contributed by atoms with E-state index in [0.29, 0.717) is 26.5 Å². The molecule has 1 N–H and O–H groups in total. The van der Waals surface area contributed by atoms with E-state index in [4.69, 9.17) is 39.5 Å². The van der Waals surface area contributed by atoms with Crippen molar-refractivity contribution in [1.82, 2.24) is 0 Å². The smallest absolute Gasteiger partial charge is 0.262 e. The van der Waals surface area contributed by atoms with Crippen LogP contribution in [0.5, 0.6) is 5.75 Å². The average Bonchev–Trinajstić information content (AvgIpc) is 2.46. The van der Waals surface area contributed by atoms with Gasteiger partial charge >= 0.3 is 0 Å². The van der Waals surface area contributed by atoms with Gasteiger partial charge in [0.05, 0.1) is 20.8 Å². The molecule has 2 rings (SSSR count). The van der Waals surface area contributed by atoms with Gasteiger partial charge in [0, 0.05) is 0 Å². The zero-order chi connectivity index (χ0) is 16.3. The number of carbonyl (C=O) groups excluding carboxylic acids is 1. The molecule has 0 saturated carbocycles. The van der Waals surface area contributed by atoms with Crippen molar-refractivity contribution in [2.75, 3.05) is 11.9 Å². The maximum atomic E-state index is 12.0. The molecular formula is C16H14Cl3NO2. The molecule has 0 radical (unpaired) electrons. The molecule has 6 heteroatoms. The highest BCUT2D eigenvalue weighted by Crippen LogP contribution is 2.32. The van der Waals surface area contributed by atoms with Crippen LogP contribution in [0.25, 0.3) is 0 Å². The summed E-state index contributed by atoms with van der Waals surface area (Å²) in [4.78, 5) is 12.0. The first-order chi connectivity index (χ1) is 10.4. The molecule has 0 aromatic heterocycles. The molecule has 2 aromatic carbocycles. The number of aryl methyl sites for hydroxylation is 1. The number of hydrogen-bond donors (Lipinski definition) is 1. The number of rotatable bonds is 4. The number of hydrogen-bond acceptors (Lipinski definition) is 2. The van der Waals surface area contributed by atoms with Crippen LogP contribution in [0.3, 0.4) is 0 Å². The lowest BCUT2D eigenvalue weighted by Crippen LogP contribution is -2.20. The van der Waals surface area contributed by atoms with Crippen molar-refractivity contribution < 1.29 is 9.53 Å². The zero-order valence-corrected chi connectivity index (χ0v) is 14.3. The predicted molar refractivity (Wildman–Crippen MR) is 91.5 cm³/mol. The molecule has 0 heterocycles. The molecule has 0 aliphatic carbocycles. The minimum Gasteiger partial charge on any atom is -0.483 e. The van der Waals surface area contributed by atoms with Gasteiger partial charge in [0.2, 0.25) is 0 Å². The molecule has 0 saturated heterocycles. The maximum absolute atomic E-state index is 12.0. The summed E-state index contributed by atoms with van der Waals surface area (Å²) in [6, 6.07) is 8.67. The van der Waals surface area contributed by atoms with Gasteiger partial charge in [0.15, 0.2) is 6.61 Å². The number of benzene rings is 2. The molecule has 116 valence electrons. The number of halogens is 3. The van der Waals surface area contributed by atoms with E-state index >= 15 is 0 Å². The van der Waals surface area contributed by atoms with Gasteiger partial charge in [0.1, 0.15) is 5.75 Å². The maximum Gasteiger partial charge on any atom is 0.262 e. The van der Waals surface area contributed by atoms with Crippen LogP contribution in [0.2, 0.25) is 15.1 Å². The molecule has 2 aromatic rings. The highest BCUT2D eigenvalue weighted by Gasteiger charge is 2.11. The fourth-order valence-electron chi connectivity index (χ4n) is 1.83. The van der Waals surface area contributed by atoms with E-state index < -0.39 is 0 Å². The fraction of sp³-hybridized carbons (Fsp3) is 0.188. The largest absolute Gasteiger partial charge is 0.483 e. The molecule has 0 atom stereocenters. The van der Waals surface area contributed by atoms with Gasteiger partial charge in [-0.1, -0.05) is 46.9 Å². The van der Waals surface area contributed by atoms with E-state index in [2.05, 4.69) is 5.32 Å². The van der Waals surface area contributed by atoms with Gasteiger partial charge in [0.25, 0.3) is 5.91 Å². The summed E-state index contributed by atoms with van der Waals surface area (Å²) in [5.74, 6) is 0.344. The van der Waals surface area contributed by atoms with Crippen LogP contribution in [-0.4, -0.2) is 12.5 Å². The Labute approximate surface area is 144 Å². The minimum atomic E-state index is -0.332. The van der Waals surface area contributed by atoms with Crippen molar-refractivity contribution in [3.8, 4) is 5.75 Å². The molecule has 0 aliphatic rings. The summed E-state index contributed by atoms with van der Waals surface area (Å²) in [5, 5.41) is 3.60. The third kappa shape index (κ3) is 4.07. The SMILES string of the molecule is Cc1cccc(OCC(=O)Nc2cc(Cl)c(Cl)cc2Cl)c1C. The first-order valence-corrected chi connectivity index (χ1v) is 7.65. The van der Waals surface area contributed by atoms with Gasteiger partial charge in [-0.25, -0.2) is 0 Å². The third-order valence-corrected chi connectivity index (χ3v) is 4.23. The molecule has 3 nitrogen and oxygen atoms in total. The van der Waals surface area contributed by atoms with Gasteiger partial charge < -0.3 is 10.1 Å². The van der Waals surface area contributed by atoms with Crippen LogP contribution in [0, 0.1) is 13.8 Å². The topological polar surface area (TPSA) is 38.3 Å². The number of amides is 1. The highest BCUT2D eigenvalue weighted by molar-refractivity contribution is 6.44. The Balaban J connectivity index is 2.02. The Morgan fingerprint density at radius 2 is 1.77 bits per heavy atom. The lowest BCUT2D eigenvalue weighted by atomic mass is 10.1. The normalized spacial score (nSPS) is 10.4. The number of nitrogens with one attached hydrogen (secondary N) is 1. The average molecular weight is 359 g/mol. The Hall–Kier alpha value is -1.42. The minimum absolute atomic E-state index is 0.124. The first-order valence-electron chi connectivity index (χ1n) is 6.52. The highest BCUT2D eigenvalue weighted by atomic mass is 35.5. The number of ether oxygens (including phenoxy) is 1. The second kappa shape index (κ2) is 7.23. The van der Waals surface area contributed by atoms with Crippen LogP contribution < -0.4 is 10.1 Å². The molecule has 0 aliphatic heterocycles. The molecule has 1 amide bonds. The number of anilines is 1. The molecular weight excluding hydrogens is 345 g/mol. The van der Waals surface area contributed by atoms with Crippen molar-refractivity contribution in [3.05, 3.63) is 56.5 Å². The van der Waals surface area contributed by atoms with E-state index in [-0.39, 0.29) is 12.5 Å². The first kappa shape index (κ1) is 16.9. The van der Waals surface area contributed by atoms with E-state index in [1.807, 2.05) is 32.0 Å². The summed E-state index contributed by atoms with van der Waals surface area (Å²) < 4.78 is 5.53. The fourth-order valence-corrected chi connectivity index (χ4v) is 2.42. The summed E-state index contributed by atoms with van der Waals surface area (Å²) in [7, 11) is 0. The van der Waals surface area contributed by atoms with Crippen molar-refractivity contribution in [2.45, 2.75) is 13.8 Å². The Kier molecular flexibility index (Phi) is 5.57. The summed E-state index contributed by atoms with van der Waals surface area (Å²) in [5.41, 5.74) is 2.50. The van der Waals surface area contributed by atoms with Gasteiger partial charge in [-0.15, -0.1) is 0 Å². The van der Waals surface area contributed by atoms with Crippen molar-refractivity contribution in [1.29, 1.82) is 0 Å². The standard InChI is InChI=1S/C16H14Cl3NO2/c1-9-4-3-5-15(10(9)2)22-8-16(21)20-14-7-12(18)11(17)6-13(14)19/h3-7H,8H2,1-2H3,(H,20,21). The summed E-state index contributed by atoms with van der Waals surface area (Å²) in [6.07, 6.45) is 0. The molecule has 0 unspecified atom stereocenters. The van der Waals surface area contributed by atoms with E-state index in [9.17, 15) is 4.79 Å². The van der Waals surface area contributed by atoms with Crippen LogP contribution in [0.4, 0.5) is 5.69 Å². The molecule has 0 spiro atoms.